The predicted octanol–water partition coefficient (Wildman–Crippen LogP) is 4.05. The summed E-state index contributed by atoms with van der Waals surface area (Å²) in [6, 6.07) is 19.2. The molecular formula is C23H23N5. The Kier molecular flexibility index (Phi) is 4.08. The van der Waals surface area contributed by atoms with Crippen LogP contribution >= 0.6 is 0 Å². The van der Waals surface area contributed by atoms with Gasteiger partial charge in [-0.05, 0) is 25.0 Å². The minimum atomic E-state index is 0.727. The fraction of sp³-hybridized carbons (Fsp3) is 0.261. The Bertz CT molecular complexity index is 1130. The van der Waals surface area contributed by atoms with Crippen LogP contribution in [0.2, 0.25) is 0 Å². The van der Waals surface area contributed by atoms with Crippen LogP contribution in [0.3, 0.4) is 0 Å². The van der Waals surface area contributed by atoms with Crippen molar-refractivity contribution >= 4 is 16.9 Å². The van der Waals surface area contributed by atoms with Crippen LogP contribution in [0.25, 0.3) is 11.0 Å². The molecule has 5 nitrogen and oxygen atoms in total. The number of nitrogens with zero attached hydrogens (tertiary/aromatic N) is 5. The fourth-order valence-electron chi connectivity index (χ4n) is 3.92. The van der Waals surface area contributed by atoms with Gasteiger partial charge in [-0.15, -0.1) is 0 Å². The van der Waals surface area contributed by atoms with Crippen molar-refractivity contribution in [3.05, 3.63) is 82.8 Å². The normalized spacial score (nSPS) is 13.3. The quantitative estimate of drug-likeness (QED) is 0.544. The number of aromatic nitrogens is 4. The molecule has 0 radical (unpaired) electrons. The predicted molar refractivity (Wildman–Crippen MR) is 112 cm³/mol. The maximum absolute atomic E-state index is 4.90. The number of hydrogen-bond acceptors (Lipinski definition) is 4. The summed E-state index contributed by atoms with van der Waals surface area (Å²) >= 11 is 0. The first-order valence-corrected chi connectivity index (χ1v) is 9.76. The van der Waals surface area contributed by atoms with Crippen LogP contribution in [-0.2, 0) is 19.5 Å². The van der Waals surface area contributed by atoms with Crippen molar-refractivity contribution in [2.24, 2.45) is 0 Å². The molecule has 28 heavy (non-hydrogen) atoms. The van der Waals surface area contributed by atoms with E-state index in [-0.39, 0.29) is 0 Å². The zero-order chi connectivity index (χ0) is 19.1. The van der Waals surface area contributed by atoms with Gasteiger partial charge >= 0.3 is 0 Å². The third-order valence-electron chi connectivity index (χ3n) is 5.34. The summed E-state index contributed by atoms with van der Waals surface area (Å²) in [6.07, 6.45) is 0.920. The van der Waals surface area contributed by atoms with Crippen LogP contribution in [0.4, 0.5) is 5.82 Å². The summed E-state index contributed by atoms with van der Waals surface area (Å²) in [7, 11) is 0. The fourth-order valence-corrected chi connectivity index (χ4v) is 3.92. The largest absolute Gasteiger partial charge is 0.351 e. The van der Waals surface area contributed by atoms with E-state index < -0.39 is 0 Å². The lowest BCUT2D eigenvalue weighted by molar-refractivity contribution is 0.677. The summed E-state index contributed by atoms with van der Waals surface area (Å²) in [4.78, 5) is 11.9. The Morgan fingerprint density at radius 1 is 0.857 bits per heavy atom. The topological polar surface area (TPSA) is 46.8 Å². The van der Waals surface area contributed by atoms with Crippen molar-refractivity contribution in [1.29, 1.82) is 0 Å². The Labute approximate surface area is 164 Å². The minimum Gasteiger partial charge on any atom is -0.351 e. The van der Waals surface area contributed by atoms with Crippen LogP contribution in [0.15, 0.2) is 54.6 Å². The van der Waals surface area contributed by atoms with Crippen molar-refractivity contribution < 1.29 is 0 Å². The molecule has 1 aliphatic rings. The van der Waals surface area contributed by atoms with Gasteiger partial charge in [0.1, 0.15) is 11.6 Å². The van der Waals surface area contributed by atoms with E-state index in [1.54, 1.807) is 0 Å². The molecule has 0 saturated carbocycles. The van der Waals surface area contributed by atoms with Gasteiger partial charge in [-0.3, -0.25) is 0 Å². The van der Waals surface area contributed by atoms with Crippen molar-refractivity contribution in [1.82, 2.24) is 19.7 Å². The molecule has 0 fully saturated rings. The summed E-state index contributed by atoms with van der Waals surface area (Å²) < 4.78 is 2.04. The molecule has 5 heteroatoms. The van der Waals surface area contributed by atoms with E-state index in [4.69, 9.17) is 15.1 Å². The zero-order valence-electron chi connectivity index (χ0n) is 16.3. The highest BCUT2D eigenvalue weighted by molar-refractivity contribution is 5.91. The van der Waals surface area contributed by atoms with E-state index in [0.717, 1.165) is 54.4 Å². The number of hydrogen-bond donors (Lipinski definition) is 0. The van der Waals surface area contributed by atoms with E-state index >= 15 is 0 Å². The van der Waals surface area contributed by atoms with Crippen molar-refractivity contribution in [2.75, 3.05) is 11.4 Å². The van der Waals surface area contributed by atoms with Gasteiger partial charge < -0.3 is 4.90 Å². The molecule has 0 bridgehead atoms. The van der Waals surface area contributed by atoms with Gasteiger partial charge in [0.15, 0.2) is 5.65 Å². The lowest BCUT2D eigenvalue weighted by Crippen LogP contribution is -2.29. The molecule has 2 aromatic heterocycles. The smallest absolute Gasteiger partial charge is 0.164 e. The molecule has 2 aromatic carbocycles. The van der Waals surface area contributed by atoms with Gasteiger partial charge in [-0.2, -0.15) is 5.10 Å². The highest BCUT2D eigenvalue weighted by Crippen LogP contribution is 2.33. The number of aryl methyl sites for hydroxylation is 2. The summed E-state index contributed by atoms with van der Waals surface area (Å²) in [5, 5.41) is 6.01. The number of benzene rings is 2. The second kappa shape index (κ2) is 6.75. The van der Waals surface area contributed by atoms with Crippen LogP contribution in [0, 0.1) is 13.8 Å². The molecule has 4 aromatic rings. The molecule has 140 valence electrons. The molecule has 0 amide bonds. The molecular weight excluding hydrogens is 346 g/mol. The molecule has 0 atom stereocenters. The van der Waals surface area contributed by atoms with E-state index in [1.807, 2.05) is 17.7 Å². The van der Waals surface area contributed by atoms with E-state index in [9.17, 15) is 0 Å². The van der Waals surface area contributed by atoms with Gasteiger partial charge in [0.05, 0.1) is 17.6 Å². The first-order chi connectivity index (χ1) is 13.7. The lowest BCUT2D eigenvalue weighted by atomic mass is 10.1. The minimum absolute atomic E-state index is 0.727. The van der Waals surface area contributed by atoms with Crippen molar-refractivity contribution in [3.63, 3.8) is 0 Å². The molecule has 5 rings (SSSR count). The van der Waals surface area contributed by atoms with E-state index in [2.05, 4.69) is 60.4 Å². The molecule has 1 aliphatic heterocycles. The first kappa shape index (κ1) is 16.9. The molecule has 3 heterocycles. The average Bonchev–Trinajstić information content (AvgIpc) is 3.04. The number of rotatable bonds is 4. The third kappa shape index (κ3) is 3.03. The number of anilines is 1. The van der Waals surface area contributed by atoms with E-state index in [0.29, 0.717) is 0 Å². The van der Waals surface area contributed by atoms with Gasteiger partial charge in [0.2, 0.25) is 0 Å². The van der Waals surface area contributed by atoms with E-state index in [1.165, 1.54) is 16.7 Å². The van der Waals surface area contributed by atoms with Crippen LogP contribution < -0.4 is 4.90 Å². The van der Waals surface area contributed by atoms with Crippen LogP contribution in [0.5, 0.6) is 0 Å². The van der Waals surface area contributed by atoms with Gasteiger partial charge in [0.25, 0.3) is 0 Å². The lowest BCUT2D eigenvalue weighted by Gasteiger charge is -2.27. The Hall–Kier alpha value is -3.21. The second-order valence-corrected chi connectivity index (χ2v) is 7.54. The van der Waals surface area contributed by atoms with Gasteiger partial charge in [-0.25, -0.2) is 14.6 Å². The maximum atomic E-state index is 4.90. The highest BCUT2D eigenvalue weighted by Gasteiger charge is 2.26. The molecule has 0 unspecified atom stereocenters. The Morgan fingerprint density at radius 2 is 1.61 bits per heavy atom. The molecule has 0 N–H and O–H groups in total. The Morgan fingerprint density at radius 3 is 2.39 bits per heavy atom. The standard InChI is InChI=1S/C23H23N5/c1-16-8-10-19(11-9-16)14-27-13-12-20-21-22(27)24-17(2)25-23(21)28(26-20)15-18-6-4-3-5-7-18/h3-11H,12-15H2,1-2H3. The van der Waals surface area contributed by atoms with Crippen LogP contribution in [0.1, 0.15) is 28.2 Å². The highest BCUT2D eigenvalue weighted by atomic mass is 15.3. The molecule has 0 saturated heterocycles. The van der Waals surface area contributed by atoms with Crippen molar-refractivity contribution in [2.45, 2.75) is 33.4 Å². The summed E-state index contributed by atoms with van der Waals surface area (Å²) in [5.41, 5.74) is 5.87. The van der Waals surface area contributed by atoms with Crippen LogP contribution in [-0.4, -0.2) is 26.3 Å². The first-order valence-electron chi connectivity index (χ1n) is 9.76. The SMILES string of the molecule is Cc1ccc(CN2CCc3nn(Cc4ccccc4)c4nc(C)nc2c34)cc1. The maximum Gasteiger partial charge on any atom is 0.164 e. The molecule has 0 spiro atoms. The molecule has 0 aliphatic carbocycles. The summed E-state index contributed by atoms with van der Waals surface area (Å²) in [5.74, 6) is 1.81. The monoisotopic (exact) mass is 369 g/mol. The average molecular weight is 369 g/mol. The van der Waals surface area contributed by atoms with Gasteiger partial charge in [0, 0.05) is 19.5 Å². The van der Waals surface area contributed by atoms with Crippen molar-refractivity contribution in [3.8, 4) is 0 Å². The Balaban J connectivity index is 1.55. The second-order valence-electron chi connectivity index (χ2n) is 7.54. The third-order valence-corrected chi connectivity index (χ3v) is 5.34. The summed E-state index contributed by atoms with van der Waals surface area (Å²) in [6.45, 7) is 6.60. The zero-order valence-corrected chi connectivity index (χ0v) is 16.3. The van der Waals surface area contributed by atoms with Gasteiger partial charge in [-0.1, -0.05) is 60.2 Å².